The second kappa shape index (κ2) is 4.37. The standard InChI is InChI=1S/C13H19N3O/c1-13(2,9-17)8-14-12-15-10-6-4-5-7-11(10)16(12)3/h4-7,17H,8-9H2,1-3H3,(H,14,15). The smallest absolute Gasteiger partial charge is 0.203 e. The Balaban J connectivity index is 2.22. The molecule has 0 saturated heterocycles. The van der Waals surface area contributed by atoms with Gasteiger partial charge in [0.2, 0.25) is 5.95 Å². The molecular weight excluding hydrogens is 214 g/mol. The fourth-order valence-corrected chi connectivity index (χ4v) is 1.68. The molecule has 0 bridgehead atoms. The van der Waals surface area contributed by atoms with Crippen molar-refractivity contribution in [3.63, 3.8) is 0 Å². The highest BCUT2D eigenvalue weighted by atomic mass is 16.3. The van der Waals surface area contributed by atoms with E-state index in [-0.39, 0.29) is 12.0 Å². The van der Waals surface area contributed by atoms with Crippen molar-refractivity contribution in [2.45, 2.75) is 13.8 Å². The predicted octanol–water partition coefficient (Wildman–Crippen LogP) is 2.00. The van der Waals surface area contributed by atoms with Gasteiger partial charge in [-0.05, 0) is 12.1 Å². The van der Waals surface area contributed by atoms with Crippen molar-refractivity contribution < 1.29 is 5.11 Å². The molecule has 2 rings (SSSR count). The van der Waals surface area contributed by atoms with Crippen LogP contribution in [0.25, 0.3) is 11.0 Å². The molecule has 2 N–H and O–H groups in total. The van der Waals surface area contributed by atoms with Crippen molar-refractivity contribution >= 4 is 17.0 Å². The van der Waals surface area contributed by atoms with E-state index in [1.807, 2.05) is 49.7 Å². The Labute approximate surface area is 101 Å². The van der Waals surface area contributed by atoms with Gasteiger partial charge >= 0.3 is 0 Å². The van der Waals surface area contributed by atoms with Crippen molar-refractivity contribution in [2.75, 3.05) is 18.5 Å². The zero-order valence-corrected chi connectivity index (χ0v) is 10.6. The summed E-state index contributed by atoms with van der Waals surface area (Å²) in [5.74, 6) is 0.840. The average molecular weight is 233 g/mol. The molecule has 1 heterocycles. The Kier molecular flexibility index (Phi) is 3.07. The second-order valence-corrected chi connectivity index (χ2v) is 5.16. The number of anilines is 1. The third kappa shape index (κ3) is 2.42. The van der Waals surface area contributed by atoms with Crippen LogP contribution in [0.15, 0.2) is 24.3 Å². The van der Waals surface area contributed by atoms with Crippen LogP contribution in [0.4, 0.5) is 5.95 Å². The van der Waals surface area contributed by atoms with Crippen LogP contribution >= 0.6 is 0 Å². The average Bonchev–Trinajstić information content (AvgIpc) is 2.65. The Bertz CT molecular complexity index is 516. The number of benzene rings is 1. The summed E-state index contributed by atoms with van der Waals surface area (Å²) in [6, 6.07) is 8.03. The van der Waals surface area contributed by atoms with Gasteiger partial charge in [0.1, 0.15) is 0 Å². The van der Waals surface area contributed by atoms with Crippen LogP contribution in [0.5, 0.6) is 0 Å². The molecule has 2 aromatic rings. The highest BCUT2D eigenvalue weighted by Crippen LogP contribution is 2.19. The van der Waals surface area contributed by atoms with Gasteiger partial charge in [-0.3, -0.25) is 0 Å². The van der Waals surface area contributed by atoms with Gasteiger partial charge in [0.05, 0.1) is 11.0 Å². The molecule has 0 amide bonds. The molecule has 1 aromatic carbocycles. The van der Waals surface area contributed by atoms with Gasteiger partial charge in [0.15, 0.2) is 0 Å². The minimum absolute atomic E-state index is 0.141. The van der Waals surface area contributed by atoms with Crippen LogP contribution < -0.4 is 5.32 Å². The normalized spacial score (nSPS) is 12.0. The molecule has 4 heteroatoms. The summed E-state index contributed by atoms with van der Waals surface area (Å²) in [6.45, 7) is 4.88. The molecule has 0 aliphatic rings. The fourth-order valence-electron chi connectivity index (χ4n) is 1.68. The molecule has 0 aliphatic carbocycles. The van der Waals surface area contributed by atoms with Crippen molar-refractivity contribution in [3.8, 4) is 0 Å². The zero-order valence-electron chi connectivity index (χ0n) is 10.6. The first-order valence-electron chi connectivity index (χ1n) is 5.80. The summed E-state index contributed by atoms with van der Waals surface area (Å²) in [5, 5.41) is 12.5. The van der Waals surface area contributed by atoms with Gasteiger partial charge < -0.3 is 15.0 Å². The number of fused-ring (bicyclic) bond motifs is 1. The Morgan fingerprint density at radius 3 is 2.71 bits per heavy atom. The van der Waals surface area contributed by atoms with Gasteiger partial charge in [-0.1, -0.05) is 26.0 Å². The number of hydrogen-bond donors (Lipinski definition) is 2. The summed E-state index contributed by atoms with van der Waals surface area (Å²) in [4.78, 5) is 4.52. The number of hydrogen-bond acceptors (Lipinski definition) is 3. The molecule has 0 aliphatic heterocycles. The summed E-state index contributed by atoms with van der Waals surface area (Å²) in [6.07, 6.45) is 0. The lowest BCUT2D eigenvalue weighted by Crippen LogP contribution is -2.27. The van der Waals surface area contributed by atoms with Crippen molar-refractivity contribution in [3.05, 3.63) is 24.3 Å². The largest absolute Gasteiger partial charge is 0.396 e. The van der Waals surface area contributed by atoms with Gasteiger partial charge in [-0.15, -0.1) is 0 Å². The molecule has 4 nitrogen and oxygen atoms in total. The number of aliphatic hydroxyl groups is 1. The van der Waals surface area contributed by atoms with Crippen LogP contribution in [-0.2, 0) is 7.05 Å². The molecule has 0 radical (unpaired) electrons. The van der Waals surface area contributed by atoms with Crippen LogP contribution in [-0.4, -0.2) is 27.8 Å². The van der Waals surface area contributed by atoms with E-state index < -0.39 is 0 Å². The number of nitrogens with one attached hydrogen (secondary N) is 1. The first kappa shape index (κ1) is 11.9. The highest BCUT2D eigenvalue weighted by molar-refractivity contribution is 5.78. The molecule has 0 atom stereocenters. The minimum atomic E-state index is -0.141. The number of nitrogens with zero attached hydrogens (tertiary/aromatic N) is 2. The van der Waals surface area contributed by atoms with E-state index in [9.17, 15) is 5.11 Å². The number of aryl methyl sites for hydroxylation is 1. The zero-order chi connectivity index (χ0) is 12.5. The van der Waals surface area contributed by atoms with Gasteiger partial charge in [-0.25, -0.2) is 4.98 Å². The maximum Gasteiger partial charge on any atom is 0.203 e. The summed E-state index contributed by atoms with van der Waals surface area (Å²) < 4.78 is 2.03. The van der Waals surface area contributed by atoms with Crippen LogP contribution in [0.2, 0.25) is 0 Å². The first-order chi connectivity index (χ1) is 8.03. The number of aromatic nitrogens is 2. The number of rotatable bonds is 4. The quantitative estimate of drug-likeness (QED) is 0.849. The summed E-state index contributed by atoms with van der Waals surface area (Å²) in [5.41, 5.74) is 1.95. The highest BCUT2D eigenvalue weighted by Gasteiger charge is 2.17. The van der Waals surface area contributed by atoms with E-state index in [1.54, 1.807) is 0 Å². The van der Waals surface area contributed by atoms with E-state index in [4.69, 9.17) is 0 Å². The number of para-hydroxylation sites is 2. The fraction of sp³-hybridized carbons (Fsp3) is 0.462. The molecule has 92 valence electrons. The van der Waals surface area contributed by atoms with Crippen LogP contribution in [0.3, 0.4) is 0 Å². The van der Waals surface area contributed by atoms with Gasteiger partial charge in [0, 0.05) is 25.6 Å². The summed E-state index contributed by atoms with van der Waals surface area (Å²) in [7, 11) is 1.99. The van der Waals surface area contributed by atoms with E-state index in [0.29, 0.717) is 6.54 Å². The third-order valence-electron chi connectivity index (χ3n) is 2.94. The number of aliphatic hydroxyl groups excluding tert-OH is 1. The molecule has 1 aromatic heterocycles. The maximum absolute atomic E-state index is 9.21. The van der Waals surface area contributed by atoms with E-state index in [1.165, 1.54) is 0 Å². The SMILES string of the molecule is Cn1c(NCC(C)(C)CO)nc2ccccc21. The Morgan fingerprint density at radius 1 is 1.35 bits per heavy atom. The summed E-state index contributed by atoms with van der Waals surface area (Å²) >= 11 is 0. The number of imidazole rings is 1. The van der Waals surface area contributed by atoms with E-state index >= 15 is 0 Å². The van der Waals surface area contributed by atoms with E-state index in [2.05, 4.69) is 10.3 Å². The lowest BCUT2D eigenvalue weighted by molar-refractivity contribution is 0.170. The topological polar surface area (TPSA) is 50.1 Å². The van der Waals surface area contributed by atoms with Crippen LogP contribution in [0, 0.1) is 5.41 Å². The third-order valence-corrected chi connectivity index (χ3v) is 2.94. The molecule has 0 fully saturated rings. The Hall–Kier alpha value is -1.55. The molecule has 0 spiro atoms. The molecular formula is C13H19N3O. The second-order valence-electron chi connectivity index (χ2n) is 5.16. The molecule has 0 saturated carbocycles. The van der Waals surface area contributed by atoms with Crippen molar-refractivity contribution in [2.24, 2.45) is 12.5 Å². The minimum Gasteiger partial charge on any atom is -0.396 e. The first-order valence-corrected chi connectivity index (χ1v) is 5.80. The molecule has 0 unspecified atom stereocenters. The van der Waals surface area contributed by atoms with E-state index in [0.717, 1.165) is 17.0 Å². The van der Waals surface area contributed by atoms with Crippen LogP contribution in [0.1, 0.15) is 13.8 Å². The predicted molar refractivity (Wildman–Crippen MR) is 70.1 cm³/mol. The van der Waals surface area contributed by atoms with Crippen molar-refractivity contribution in [1.82, 2.24) is 9.55 Å². The maximum atomic E-state index is 9.21. The Morgan fingerprint density at radius 2 is 2.06 bits per heavy atom. The van der Waals surface area contributed by atoms with Gasteiger partial charge in [0.25, 0.3) is 0 Å². The van der Waals surface area contributed by atoms with Crippen molar-refractivity contribution in [1.29, 1.82) is 0 Å². The van der Waals surface area contributed by atoms with Gasteiger partial charge in [-0.2, -0.15) is 0 Å². The molecule has 17 heavy (non-hydrogen) atoms. The lowest BCUT2D eigenvalue weighted by Gasteiger charge is -2.22. The monoisotopic (exact) mass is 233 g/mol. The lowest BCUT2D eigenvalue weighted by atomic mass is 9.95.